The van der Waals surface area contributed by atoms with E-state index in [0.29, 0.717) is 5.56 Å². The van der Waals surface area contributed by atoms with Crippen molar-refractivity contribution in [1.82, 2.24) is 0 Å². The Morgan fingerprint density at radius 1 is 1.08 bits per heavy atom. The van der Waals surface area contributed by atoms with Gasteiger partial charge in [-0.15, -0.1) is 0 Å². The maximum atomic E-state index is 13.8. The van der Waals surface area contributed by atoms with Gasteiger partial charge in [-0.05, 0) is 52.9 Å². The summed E-state index contributed by atoms with van der Waals surface area (Å²) in [6.45, 7) is 0. The summed E-state index contributed by atoms with van der Waals surface area (Å²) in [5.41, 5.74) is -1.96. The predicted molar refractivity (Wildman–Crippen MR) is 95.6 cm³/mol. The second-order valence-electron chi connectivity index (χ2n) is 5.30. The molecule has 0 saturated carbocycles. The van der Waals surface area contributed by atoms with Crippen LogP contribution < -0.4 is 0 Å². The van der Waals surface area contributed by atoms with Crippen LogP contribution in [0.25, 0.3) is 0 Å². The first-order valence-corrected chi connectivity index (χ1v) is 8.59. The molecule has 8 heteroatoms. The molecular weight excluding hydrogens is 477 g/mol. The van der Waals surface area contributed by atoms with Crippen molar-refractivity contribution >= 4 is 51.5 Å². The summed E-state index contributed by atoms with van der Waals surface area (Å²) in [5.74, 6) is 0. The lowest BCUT2D eigenvalue weighted by atomic mass is 9.86. The van der Waals surface area contributed by atoms with Crippen molar-refractivity contribution in [2.45, 2.75) is 18.2 Å². The van der Waals surface area contributed by atoms with E-state index >= 15 is 0 Å². The van der Waals surface area contributed by atoms with Crippen LogP contribution in [0, 0.1) is 3.57 Å². The smallest absolute Gasteiger partial charge is 0.374 e. The molecule has 1 aliphatic heterocycles. The Kier molecular flexibility index (Phi) is 4.74. The molecule has 1 unspecified atom stereocenters. The van der Waals surface area contributed by atoms with Crippen LogP contribution in [0.2, 0.25) is 10.0 Å². The fourth-order valence-corrected chi connectivity index (χ4v) is 3.58. The van der Waals surface area contributed by atoms with E-state index in [1.54, 1.807) is 18.2 Å². The van der Waals surface area contributed by atoms with Crippen molar-refractivity contribution in [2.75, 3.05) is 0 Å². The molecule has 0 bridgehead atoms. The summed E-state index contributed by atoms with van der Waals surface area (Å²) < 4.78 is 42.4. The molecule has 3 rings (SSSR count). The fraction of sp³-hybridized carbons (Fsp3) is 0.188. The summed E-state index contributed by atoms with van der Waals surface area (Å²) >= 11 is 13.8. The van der Waals surface area contributed by atoms with E-state index in [2.05, 4.69) is 27.7 Å². The Hall–Kier alpha value is -0.990. The minimum atomic E-state index is -4.69. The van der Waals surface area contributed by atoms with Gasteiger partial charge in [0.05, 0.1) is 5.71 Å². The van der Waals surface area contributed by atoms with Gasteiger partial charge in [0.1, 0.15) is 0 Å². The lowest BCUT2D eigenvalue weighted by Crippen LogP contribution is -2.42. The molecule has 0 saturated heterocycles. The highest BCUT2D eigenvalue weighted by Gasteiger charge is 2.62. The van der Waals surface area contributed by atoms with Gasteiger partial charge in [0.15, 0.2) is 0 Å². The maximum absolute atomic E-state index is 13.8. The molecule has 1 aliphatic rings. The van der Waals surface area contributed by atoms with Crippen LogP contribution in [-0.4, -0.2) is 11.9 Å². The topological polar surface area (TPSA) is 21.6 Å². The standard InChI is InChI=1S/C16H9Cl2F3INO/c17-11-5-10(6-12(18)7-11)15(16(19,20)21)8-14(23-24-15)9-2-1-3-13(22)4-9/h1-7H,8H2. The van der Waals surface area contributed by atoms with Gasteiger partial charge in [-0.3, -0.25) is 0 Å². The van der Waals surface area contributed by atoms with Gasteiger partial charge < -0.3 is 4.84 Å². The highest BCUT2D eigenvalue weighted by Crippen LogP contribution is 2.49. The Bertz CT molecular complexity index is 805. The third-order valence-corrected chi connectivity index (χ3v) is 4.78. The highest BCUT2D eigenvalue weighted by molar-refractivity contribution is 14.1. The van der Waals surface area contributed by atoms with Gasteiger partial charge in [-0.25, -0.2) is 0 Å². The van der Waals surface area contributed by atoms with Crippen LogP contribution >= 0.6 is 45.8 Å². The van der Waals surface area contributed by atoms with E-state index in [9.17, 15) is 13.2 Å². The van der Waals surface area contributed by atoms with Crippen molar-refractivity contribution in [3.05, 3.63) is 67.2 Å². The van der Waals surface area contributed by atoms with E-state index in [1.807, 2.05) is 6.07 Å². The monoisotopic (exact) mass is 485 g/mol. The molecule has 0 aromatic heterocycles. The molecule has 2 aromatic rings. The molecule has 24 heavy (non-hydrogen) atoms. The van der Waals surface area contributed by atoms with Gasteiger partial charge in [-0.2, -0.15) is 13.2 Å². The van der Waals surface area contributed by atoms with Crippen LogP contribution in [0.15, 0.2) is 47.6 Å². The number of hydrogen-bond donors (Lipinski definition) is 0. The Morgan fingerprint density at radius 3 is 2.33 bits per heavy atom. The molecule has 0 spiro atoms. The molecule has 0 aliphatic carbocycles. The first-order valence-electron chi connectivity index (χ1n) is 6.75. The number of hydrogen-bond acceptors (Lipinski definition) is 2. The molecule has 0 N–H and O–H groups in total. The minimum absolute atomic E-state index is 0.104. The van der Waals surface area contributed by atoms with Gasteiger partial charge in [0, 0.05) is 31.2 Å². The summed E-state index contributed by atoms with van der Waals surface area (Å²) in [6, 6.07) is 10.8. The first kappa shape index (κ1) is 17.8. The van der Waals surface area contributed by atoms with Crippen LogP contribution in [0.1, 0.15) is 17.5 Å². The summed E-state index contributed by atoms with van der Waals surface area (Å²) in [5, 5.41) is 3.92. The van der Waals surface area contributed by atoms with Gasteiger partial charge in [0.2, 0.25) is 0 Å². The van der Waals surface area contributed by atoms with Crippen molar-refractivity contribution in [3.8, 4) is 0 Å². The number of rotatable bonds is 2. The van der Waals surface area contributed by atoms with Crippen LogP contribution in [0.5, 0.6) is 0 Å². The van der Waals surface area contributed by atoms with Crippen LogP contribution in [-0.2, 0) is 10.4 Å². The lowest BCUT2D eigenvalue weighted by Gasteiger charge is -2.29. The maximum Gasteiger partial charge on any atom is 0.435 e. The van der Waals surface area contributed by atoms with Gasteiger partial charge >= 0.3 is 6.18 Å². The molecule has 2 nitrogen and oxygen atoms in total. The van der Waals surface area contributed by atoms with Crippen molar-refractivity contribution < 1.29 is 18.0 Å². The molecule has 1 atom stereocenters. The molecular formula is C16H9Cl2F3INO. The Morgan fingerprint density at radius 2 is 1.75 bits per heavy atom. The largest absolute Gasteiger partial charge is 0.435 e. The second-order valence-corrected chi connectivity index (χ2v) is 7.42. The number of alkyl halides is 3. The van der Waals surface area contributed by atoms with Gasteiger partial charge in [0.25, 0.3) is 5.60 Å². The third-order valence-electron chi connectivity index (χ3n) is 3.67. The normalized spacial score (nSPS) is 20.7. The third kappa shape index (κ3) is 3.23. The minimum Gasteiger partial charge on any atom is -0.374 e. The number of halogens is 6. The molecule has 1 heterocycles. The van der Waals surface area contributed by atoms with E-state index in [1.165, 1.54) is 18.2 Å². The highest BCUT2D eigenvalue weighted by atomic mass is 127. The quantitative estimate of drug-likeness (QED) is 0.465. The summed E-state index contributed by atoms with van der Waals surface area (Å²) in [4.78, 5) is 4.95. The number of nitrogens with zero attached hydrogens (tertiary/aromatic N) is 1. The number of benzene rings is 2. The van der Waals surface area contributed by atoms with E-state index in [4.69, 9.17) is 28.0 Å². The lowest BCUT2D eigenvalue weighted by molar-refractivity contribution is -0.275. The molecule has 0 amide bonds. The van der Waals surface area contributed by atoms with Gasteiger partial charge in [-0.1, -0.05) is 40.5 Å². The van der Waals surface area contributed by atoms with Crippen molar-refractivity contribution in [3.63, 3.8) is 0 Å². The Labute approximate surface area is 159 Å². The van der Waals surface area contributed by atoms with E-state index in [0.717, 1.165) is 3.57 Å². The van der Waals surface area contributed by atoms with Crippen molar-refractivity contribution in [2.24, 2.45) is 5.16 Å². The zero-order chi connectivity index (χ0) is 17.5. The van der Waals surface area contributed by atoms with E-state index in [-0.39, 0.29) is 21.3 Å². The SMILES string of the molecule is FC(F)(F)C1(c2cc(Cl)cc(Cl)c2)CC(c2cccc(I)c2)=NO1. The average Bonchev–Trinajstić information content (AvgIpc) is 2.92. The predicted octanol–water partition coefficient (Wildman–Crippen LogP) is 6.18. The molecule has 0 fully saturated rings. The first-order chi connectivity index (χ1) is 11.2. The summed E-state index contributed by atoms with van der Waals surface area (Å²) in [6.07, 6.45) is -5.14. The second kappa shape index (κ2) is 6.38. The fourth-order valence-electron chi connectivity index (χ4n) is 2.51. The number of oxime groups is 1. The Balaban J connectivity index is 2.05. The van der Waals surface area contributed by atoms with Crippen LogP contribution in [0.3, 0.4) is 0 Å². The van der Waals surface area contributed by atoms with E-state index < -0.39 is 18.2 Å². The molecule has 126 valence electrons. The zero-order valence-electron chi connectivity index (χ0n) is 11.9. The zero-order valence-corrected chi connectivity index (χ0v) is 15.5. The van der Waals surface area contributed by atoms with Crippen molar-refractivity contribution in [1.29, 1.82) is 0 Å². The molecule has 0 radical (unpaired) electrons. The summed E-state index contributed by atoms with van der Waals surface area (Å²) in [7, 11) is 0. The average molecular weight is 486 g/mol. The van der Waals surface area contributed by atoms with Crippen LogP contribution in [0.4, 0.5) is 13.2 Å². The molecule has 2 aromatic carbocycles.